The highest BCUT2D eigenvalue weighted by Gasteiger charge is 2.24. The molecule has 40 heavy (non-hydrogen) atoms. The van der Waals surface area contributed by atoms with E-state index in [9.17, 15) is 9.18 Å². The molecular formula is C27H27BFN9O2. The molecular weight excluding hydrogens is 512 g/mol. The summed E-state index contributed by atoms with van der Waals surface area (Å²) in [5, 5.41) is 17.8. The number of aromatic nitrogens is 7. The number of H-pyrrole nitrogens is 1. The van der Waals surface area contributed by atoms with Gasteiger partial charge in [0.05, 0.1) is 19.3 Å². The van der Waals surface area contributed by atoms with Gasteiger partial charge in [0.25, 0.3) is 5.56 Å². The number of hydrogen-bond acceptors (Lipinski definition) is 8. The summed E-state index contributed by atoms with van der Waals surface area (Å²) >= 11 is 0. The minimum atomic E-state index is -0.336. The molecule has 2 N–H and O–H groups in total. The van der Waals surface area contributed by atoms with Crippen molar-refractivity contribution in [3.8, 4) is 11.1 Å². The van der Waals surface area contributed by atoms with E-state index in [1.165, 1.54) is 18.5 Å². The van der Waals surface area contributed by atoms with Crippen molar-refractivity contribution in [2.24, 2.45) is 0 Å². The zero-order valence-electron chi connectivity index (χ0n) is 21.9. The Labute approximate surface area is 230 Å². The number of rotatable bonds is 7. The molecule has 6 rings (SSSR count). The van der Waals surface area contributed by atoms with E-state index in [0.717, 1.165) is 28.0 Å². The average Bonchev–Trinajstić information content (AvgIpc) is 3.60. The third-order valence-corrected chi connectivity index (χ3v) is 7.34. The predicted molar refractivity (Wildman–Crippen MR) is 150 cm³/mol. The zero-order chi connectivity index (χ0) is 27.8. The Morgan fingerprint density at radius 1 is 1.07 bits per heavy atom. The van der Waals surface area contributed by atoms with Crippen LogP contribution in [0.3, 0.4) is 0 Å². The normalized spacial score (nSPS) is 14.7. The maximum absolute atomic E-state index is 13.3. The van der Waals surface area contributed by atoms with E-state index in [0.29, 0.717) is 44.2 Å². The quantitative estimate of drug-likeness (QED) is 0.295. The number of hydrogen-bond donors (Lipinski definition) is 2. The Kier molecular flexibility index (Phi) is 6.80. The molecule has 5 aromatic rings. The van der Waals surface area contributed by atoms with Crippen molar-refractivity contribution >= 4 is 30.7 Å². The van der Waals surface area contributed by atoms with Crippen LogP contribution < -0.4 is 21.0 Å². The van der Waals surface area contributed by atoms with E-state index in [1.807, 2.05) is 30.3 Å². The van der Waals surface area contributed by atoms with Gasteiger partial charge in [-0.2, -0.15) is 10.2 Å². The first-order valence-electron chi connectivity index (χ1n) is 13.0. The van der Waals surface area contributed by atoms with Crippen LogP contribution in [0.25, 0.3) is 16.6 Å². The summed E-state index contributed by atoms with van der Waals surface area (Å²) in [5.74, 6) is 0.568. The van der Waals surface area contributed by atoms with E-state index < -0.39 is 0 Å². The van der Waals surface area contributed by atoms with Crippen LogP contribution in [-0.4, -0.2) is 80.1 Å². The number of anilines is 2. The molecule has 1 aliphatic rings. The van der Waals surface area contributed by atoms with Crippen LogP contribution in [0.1, 0.15) is 24.0 Å². The topological polar surface area (TPSA) is 120 Å². The van der Waals surface area contributed by atoms with Gasteiger partial charge in [0, 0.05) is 66.8 Å². The first kappa shape index (κ1) is 25.7. The molecule has 4 aromatic heterocycles. The van der Waals surface area contributed by atoms with Gasteiger partial charge >= 0.3 is 0 Å². The van der Waals surface area contributed by atoms with E-state index in [1.54, 1.807) is 27.5 Å². The molecule has 0 amide bonds. The number of aliphatic hydroxyl groups is 1. The highest BCUT2D eigenvalue weighted by atomic mass is 19.1. The molecule has 11 nitrogen and oxygen atoms in total. The Morgan fingerprint density at radius 3 is 2.55 bits per heavy atom. The summed E-state index contributed by atoms with van der Waals surface area (Å²) in [5.41, 5.74) is 3.77. The standard InChI is InChI=1S/C27H27BFN9O2/c1-17(18-2-4-21(29)5-3-18)23-24(28)33-27(34-26(23)40)36-8-6-35(7-9-36)25-22-12-19(15-38(22)32-16-30-25)20-13-31-37(14-20)10-11-39/h2-5,12-17,39H,6-11H2,1H3,(H,33,34,40). The molecule has 1 atom stereocenters. The summed E-state index contributed by atoms with van der Waals surface area (Å²) in [7, 11) is 6.27. The second-order valence-electron chi connectivity index (χ2n) is 9.79. The second-order valence-corrected chi connectivity index (χ2v) is 9.79. The molecule has 1 aromatic carbocycles. The monoisotopic (exact) mass is 539 g/mol. The molecule has 0 aliphatic carbocycles. The van der Waals surface area contributed by atoms with Crippen molar-refractivity contribution in [1.82, 2.24) is 34.3 Å². The van der Waals surface area contributed by atoms with Crippen molar-refractivity contribution in [3.63, 3.8) is 0 Å². The van der Waals surface area contributed by atoms with Crippen LogP contribution in [0.2, 0.25) is 0 Å². The van der Waals surface area contributed by atoms with Crippen LogP contribution in [0.4, 0.5) is 16.2 Å². The molecule has 2 radical (unpaired) electrons. The summed E-state index contributed by atoms with van der Waals surface area (Å²) in [6, 6.07) is 8.06. The van der Waals surface area contributed by atoms with Gasteiger partial charge in [0.2, 0.25) is 5.95 Å². The number of benzene rings is 1. The number of aromatic amines is 1. The van der Waals surface area contributed by atoms with Crippen LogP contribution in [0, 0.1) is 5.82 Å². The molecule has 1 unspecified atom stereocenters. The molecule has 1 aliphatic heterocycles. The van der Waals surface area contributed by atoms with E-state index in [4.69, 9.17) is 13.0 Å². The summed E-state index contributed by atoms with van der Waals surface area (Å²) in [6.07, 6.45) is 7.13. The molecule has 1 saturated heterocycles. The van der Waals surface area contributed by atoms with Gasteiger partial charge < -0.3 is 14.9 Å². The lowest BCUT2D eigenvalue weighted by atomic mass is 9.86. The van der Waals surface area contributed by atoms with Gasteiger partial charge in [-0.1, -0.05) is 19.1 Å². The van der Waals surface area contributed by atoms with Gasteiger partial charge in [-0.05, 0) is 23.8 Å². The highest BCUT2D eigenvalue weighted by molar-refractivity contribution is 6.31. The summed E-state index contributed by atoms with van der Waals surface area (Å²) in [4.78, 5) is 29.2. The molecule has 0 bridgehead atoms. The number of nitrogens with one attached hydrogen (secondary N) is 1. The molecule has 0 saturated carbocycles. The van der Waals surface area contributed by atoms with E-state index in [2.05, 4.69) is 30.0 Å². The smallest absolute Gasteiger partial charge is 0.255 e. The Hall–Kier alpha value is -4.52. The van der Waals surface area contributed by atoms with E-state index >= 15 is 0 Å². The van der Waals surface area contributed by atoms with Crippen LogP contribution in [0.15, 0.2) is 60.0 Å². The van der Waals surface area contributed by atoms with Crippen LogP contribution in [0.5, 0.6) is 0 Å². The number of halogens is 1. The average molecular weight is 539 g/mol. The summed E-state index contributed by atoms with van der Waals surface area (Å²) < 4.78 is 16.8. The van der Waals surface area contributed by atoms with E-state index in [-0.39, 0.29) is 29.5 Å². The Morgan fingerprint density at radius 2 is 1.82 bits per heavy atom. The van der Waals surface area contributed by atoms with Gasteiger partial charge in [-0.25, -0.2) is 18.9 Å². The van der Waals surface area contributed by atoms with Gasteiger partial charge in [0.15, 0.2) is 5.82 Å². The minimum absolute atomic E-state index is 0.0235. The Bertz CT molecular complexity index is 1710. The number of aliphatic hydroxyl groups excluding tert-OH is 1. The van der Waals surface area contributed by atoms with Gasteiger partial charge in [0.1, 0.15) is 25.5 Å². The fraction of sp³-hybridized carbons (Fsp3) is 0.296. The third-order valence-electron chi connectivity index (χ3n) is 7.34. The number of nitrogens with zero attached hydrogens (tertiary/aromatic N) is 8. The van der Waals surface area contributed by atoms with Crippen molar-refractivity contribution in [1.29, 1.82) is 0 Å². The lowest BCUT2D eigenvalue weighted by Gasteiger charge is -2.36. The van der Waals surface area contributed by atoms with Crippen LogP contribution in [-0.2, 0) is 6.54 Å². The zero-order valence-corrected chi connectivity index (χ0v) is 21.9. The van der Waals surface area contributed by atoms with Crippen LogP contribution >= 0.6 is 0 Å². The first-order valence-corrected chi connectivity index (χ1v) is 13.0. The molecule has 5 heterocycles. The number of piperazine rings is 1. The number of fused-ring (bicyclic) bond motifs is 1. The predicted octanol–water partition coefficient (Wildman–Crippen LogP) is 1.08. The maximum atomic E-state index is 13.3. The third kappa shape index (κ3) is 4.84. The van der Waals surface area contributed by atoms with Crippen molar-refractivity contribution in [2.45, 2.75) is 19.4 Å². The van der Waals surface area contributed by atoms with Gasteiger partial charge in [-0.15, -0.1) is 0 Å². The fourth-order valence-corrected chi connectivity index (χ4v) is 5.16. The summed E-state index contributed by atoms with van der Waals surface area (Å²) in [6.45, 7) is 4.82. The minimum Gasteiger partial charge on any atom is -0.394 e. The molecule has 1 fully saturated rings. The SMILES string of the molecule is [B]c1nc(N2CCN(c3ncnn4cc(-c5cnn(CCO)c5)cc34)CC2)[nH]c(=O)c1C(C)c1ccc(F)cc1. The highest BCUT2D eigenvalue weighted by Crippen LogP contribution is 2.27. The van der Waals surface area contributed by atoms with Gasteiger partial charge in [-0.3, -0.25) is 14.5 Å². The lowest BCUT2D eigenvalue weighted by Crippen LogP contribution is -2.48. The lowest BCUT2D eigenvalue weighted by molar-refractivity contribution is 0.269. The van der Waals surface area contributed by atoms with Crippen molar-refractivity contribution in [2.75, 3.05) is 42.6 Å². The van der Waals surface area contributed by atoms with Crippen molar-refractivity contribution < 1.29 is 9.50 Å². The molecule has 202 valence electrons. The second kappa shape index (κ2) is 10.6. The fourth-order valence-electron chi connectivity index (χ4n) is 5.16. The molecule has 0 spiro atoms. The maximum Gasteiger partial charge on any atom is 0.255 e. The van der Waals surface area contributed by atoms with Crippen molar-refractivity contribution in [3.05, 3.63) is 82.5 Å². The molecule has 13 heteroatoms. The largest absolute Gasteiger partial charge is 0.394 e. The first-order chi connectivity index (χ1) is 19.4. The Balaban J connectivity index is 1.19.